The lowest BCUT2D eigenvalue weighted by Gasteiger charge is -2.07. The maximum absolute atomic E-state index is 12.1. The standard InChI is InChI=1S/C22H16ClNO5/c23-16-5-1-14(2-6-16)19-9-8-18(28-19)12-24-21(25)13-27-17-7-3-15-4-10-22(26)29-20(15)11-17/h1-11H,12-13H2,(H,24,25). The summed E-state index contributed by atoms with van der Waals surface area (Å²) in [4.78, 5) is 23.4. The molecular formula is C22H16ClNO5. The van der Waals surface area contributed by atoms with Gasteiger partial charge in [0.05, 0.1) is 6.54 Å². The maximum atomic E-state index is 12.1. The van der Waals surface area contributed by atoms with E-state index in [2.05, 4.69) is 5.32 Å². The first-order chi connectivity index (χ1) is 14.1. The van der Waals surface area contributed by atoms with E-state index in [1.54, 1.807) is 42.5 Å². The molecule has 2 heterocycles. The second-order valence-electron chi connectivity index (χ2n) is 6.29. The van der Waals surface area contributed by atoms with Crippen LogP contribution in [-0.2, 0) is 11.3 Å². The van der Waals surface area contributed by atoms with Crippen molar-refractivity contribution < 1.29 is 18.4 Å². The third-order valence-electron chi connectivity index (χ3n) is 4.21. The number of hydrogen-bond donors (Lipinski definition) is 1. The number of nitrogens with one attached hydrogen (secondary N) is 1. The first-order valence-corrected chi connectivity index (χ1v) is 9.23. The SMILES string of the molecule is O=C(COc1ccc2ccc(=O)oc2c1)NCc1ccc(-c2ccc(Cl)cc2)o1. The second-order valence-corrected chi connectivity index (χ2v) is 6.73. The van der Waals surface area contributed by atoms with Crippen LogP contribution in [0.15, 0.2) is 80.4 Å². The smallest absolute Gasteiger partial charge is 0.336 e. The fourth-order valence-electron chi connectivity index (χ4n) is 2.76. The Balaban J connectivity index is 1.31. The van der Waals surface area contributed by atoms with Gasteiger partial charge in [0, 0.05) is 28.1 Å². The fourth-order valence-corrected chi connectivity index (χ4v) is 2.88. The normalized spacial score (nSPS) is 10.8. The van der Waals surface area contributed by atoms with E-state index < -0.39 is 5.63 Å². The van der Waals surface area contributed by atoms with Crippen molar-refractivity contribution >= 4 is 28.5 Å². The summed E-state index contributed by atoms with van der Waals surface area (Å²) in [7, 11) is 0. The molecule has 146 valence electrons. The molecule has 4 aromatic rings. The van der Waals surface area contributed by atoms with Gasteiger partial charge in [-0.05, 0) is 54.6 Å². The van der Waals surface area contributed by atoms with Crippen molar-refractivity contribution in [3.63, 3.8) is 0 Å². The molecule has 0 aliphatic heterocycles. The number of benzene rings is 2. The van der Waals surface area contributed by atoms with Gasteiger partial charge in [0.2, 0.25) is 0 Å². The minimum absolute atomic E-state index is 0.173. The topological polar surface area (TPSA) is 81.7 Å². The molecule has 0 bridgehead atoms. The summed E-state index contributed by atoms with van der Waals surface area (Å²) in [5.41, 5.74) is 0.864. The highest BCUT2D eigenvalue weighted by molar-refractivity contribution is 6.30. The number of rotatable bonds is 6. The van der Waals surface area contributed by atoms with Crippen LogP contribution in [-0.4, -0.2) is 12.5 Å². The number of ether oxygens (including phenoxy) is 1. The molecule has 0 aliphatic rings. The van der Waals surface area contributed by atoms with Gasteiger partial charge in [-0.3, -0.25) is 4.79 Å². The van der Waals surface area contributed by atoms with Crippen molar-refractivity contribution in [2.24, 2.45) is 0 Å². The molecule has 6 nitrogen and oxygen atoms in total. The highest BCUT2D eigenvalue weighted by atomic mass is 35.5. The molecule has 4 rings (SSSR count). The summed E-state index contributed by atoms with van der Waals surface area (Å²) in [5, 5.41) is 4.16. The Morgan fingerprint density at radius 3 is 2.59 bits per heavy atom. The van der Waals surface area contributed by atoms with Gasteiger partial charge < -0.3 is 18.9 Å². The van der Waals surface area contributed by atoms with E-state index in [1.165, 1.54) is 6.07 Å². The molecule has 0 saturated carbocycles. The summed E-state index contributed by atoms with van der Waals surface area (Å²) < 4.78 is 16.3. The monoisotopic (exact) mass is 409 g/mol. The minimum Gasteiger partial charge on any atom is -0.484 e. The summed E-state index contributed by atoms with van der Waals surface area (Å²) in [6.45, 7) is 0.0652. The zero-order valence-corrected chi connectivity index (χ0v) is 15.9. The zero-order valence-electron chi connectivity index (χ0n) is 15.2. The van der Waals surface area contributed by atoms with Crippen LogP contribution in [0.5, 0.6) is 5.75 Å². The number of furan rings is 1. The van der Waals surface area contributed by atoms with Crippen LogP contribution < -0.4 is 15.7 Å². The molecule has 29 heavy (non-hydrogen) atoms. The van der Waals surface area contributed by atoms with Crippen molar-refractivity contribution in [3.8, 4) is 17.1 Å². The molecule has 7 heteroatoms. The fraction of sp³-hybridized carbons (Fsp3) is 0.0909. The van der Waals surface area contributed by atoms with E-state index in [0.717, 1.165) is 10.9 Å². The van der Waals surface area contributed by atoms with E-state index in [9.17, 15) is 9.59 Å². The second kappa shape index (κ2) is 8.24. The lowest BCUT2D eigenvalue weighted by molar-refractivity contribution is -0.123. The van der Waals surface area contributed by atoms with Gasteiger partial charge in [0.1, 0.15) is 22.9 Å². The number of carbonyl (C=O) groups is 1. The van der Waals surface area contributed by atoms with Gasteiger partial charge in [-0.2, -0.15) is 0 Å². The van der Waals surface area contributed by atoms with E-state index in [4.69, 9.17) is 25.2 Å². The van der Waals surface area contributed by atoms with Gasteiger partial charge in [-0.1, -0.05) is 11.6 Å². The summed E-state index contributed by atoms with van der Waals surface area (Å²) in [6.07, 6.45) is 0. The Morgan fingerprint density at radius 2 is 1.76 bits per heavy atom. The van der Waals surface area contributed by atoms with Gasteiger partial charge in [-0.15, -0.1) is 0 Å². The van der Waals surface area contributed by atoms with Crippen LogP contribution in [0.3, 0.4) is 0 Å². The van der Waals surface area contributed by atoms with Crippen LogP contribution in [0, 0.1) is 0 Å². The van der Waals surface area contributed by atoms with Crippen LogP contribution in [0.4, 0.5) is 0 Å². The predicted octanol–water partition coefficient (Wildman–Crippen LogP) is 4.40. The number of fused-ring (bicyclic) bond motifs is 1. The molecule has 2 aromatic heterocycles. The maximum Gasteiger partial charge on any atom is 0.336 e. The Kier molecular flexibility index (Phi) is 5.35. The van der Waals surface area contributed by atoms with Crippen molar-refractivity contribution in [2.45, 2.75) is 6.54 Å². The number of carbonyl (C=O) groups excluding carboxylic acids is 1. The predicted molar refractivity (Wildman–Crippen MR) is 109 cm³/mol. The number of amides is 1. The number of hydrogen-bond acceptors (Lipinski definition) is 5. The van der Waals surface area contributed by atoms with Crippen molar-refractivity contribution in [3.05, 3.63) is 87.9 Å². The minimum atomic E-state index is -0.441. The third kappa shape index (κ3) is 4.67. The van der Waals surface area contributed by atoms with Gasteiger partial charge in [-0.25, -0.2) is 4.79 Å². The van der Waals surface area contributed by atoms with Crippen LogP contribution in [0.2, 0.25) is 5.02 Å². The molecule has 1 amide bonds. The lowest BCUT2D eigenvalue weighted by atomic mass is 10.2. The van der Waals surface area contributed by atoms with Crippen molar-refractivity contribution in [2.75, 3.05) is 6.61 Å². The lowest BCUT2D eigenvalue weighted by Crippen LogP contribution is -2.28. The molecule has 0 unspecified atom stereocenters. The highest BCUT2D eigenvalue weighted by Crippen LogP contribution is 2.24. The van der Waals surface area contributed by atoms with Crippen molar-refractivity contribution in [1.29, 1.82) is 0 Å². The Hall–Kier alpha value is -3.51. The summed E-state index contributed by atoms with van der Waals surface area (Å²) >= 11 is 5.89. The largest absolute Gasteiger partial charge is 0.484 e. The van der Waals surface area contributed by atoms with Crippen LogP contribution in [0.1, 0.15) is 5.76 Å². The average molecular weight is 410 g/mol. The average Bonchev–Trinajstić information content (AvgIpc) is 3.20. The number of halogens is 1. The third-order valence-corrected chi connectivity index (χ3v) is 4.47. The first-order valence-electron chi connectivity index (χ1n) is 8.85. The molecule has 0 atom stereocenters. The van der Waals surface area contributed by atoms with Crippen LogP contribution >= 0.6 is 11.6 Å². The molecule has 0 radical (unpaired) electrons. The highest BCUT2D eigenvalue weighted by Gasteiger charge is 2.08. The quantitative estimate of drug-likeness (QED) is 0.477. The van der Waals surface area contributed by atoms with E-state index in [0.29, 0.717) is 27.9 Å². The molecule has 0 aliphatic carbocycles. The molecular weight excluding hydrogens is 394 g/mol. The Morgan fingerprint density at radius 1 is 0.966 bits per heavy atom. The molecule has 0 fully saturated rings. The first kappa shape index (κ1) is 18.8. The molecule has 0 saturated heterocycles. The van der Waals surface area contributed by atoms with E-state index in [-0.39, 0.29) is 19.1 Å². The Bertz CT molecular complexity index is 1210. The zero-order chi connectivity index (χ0) is 20.2. The molecule has 1 N–H and O–H groups in total. The van der Waals surface area contributed by atoms with Crippen LogP contribution in [0.25, 0.3) is 22.3 Å². The van der Waals surface area contributed by atoms with E-state index in [1.807, 2.05) is 18.2 Å². The summed E-state index contributed by atoms with van der Waals surface area (Å²) in [6, 6.07) is 19.0. The molecule has 0 spiro atoms. The van der Waals surface area contributed by atoms with Crippen molar-refractivity contribution in [1.82, 2.24) is 5.32 Å². The van der Waals surface area contributed by atoms with Gasteiger partial charge in [0.15, 0.2) is 6.61 Å². The van der Waals surface area contributed by atoms with Gasteiger partial charge in [0.25, 0.3) is 5.91 Å². The summed E-state index contributed by atoms with van der Waals surface area (Å²) in [5.74, 6) is 1.45. The molecule has 2 aromatic carbocycles. The van der Waals surface area contributed by atoms with E-state index >= 15 is 0 Å². The van der Waals surface area contributed by atoms with Gasteiger partial charge >= 0.3 is 5.63 Å². The Labute approximate surface area is 170 Å².